The van der Waals surface area contributed by atoms with Crippen molar-refractivity contribution in [3.63, 3.8) is 0 Å². The van der Waals surface area contributed by atoms with Crippen molar-refractivity contribution in [3.05, 3.63) is 24.5 Å². The predicted octanol–water partition coefficient (Wildman–Crippen LogP) is 1.94. The average Bonchev–Trinajstić information content (AvgIpc) is 2.28. The van der Waals surface area contributed by atoms with Crippen LogP contribution in [0.5, 0.6) is 0 Å². The van der Waals surface area contributed by atoms with Crippen LogP contribution in [-0.2, 0) is 4.79 Å². The van der Waals surface area contributed by atoms with E-state index in [0.29, 0.717) is 4.90 Å². The second-order valence-electron chi connectivity index (χ2n) is 3.00. The number of pyridine rings is 1. The van der Waals surface area contributed by atoms with Gasteiger partial charge in [0.1, 0.15) is 0 Å². The second kappa shape index (κ2) is 4.46. The van der Waals surface area contributed by atoms with E-state index >= 15 is 0 Å². The summed E-state index contributed by atoms with van der Waals surface area (Å²) in [5, 5.41) is 0. The van der Waals surface area contributed by atoms with Gasteiger partial charge in [0.05, 0.1) is 11.9 Å². The van der Waals surface area contributed by atoms with Gasteiger partial charge in [0.25, 0.3) is 0 Å². The first-order chi connectivity index (χ1) is 7.37. The molecule has 1 aromatic heterocycles. The van der Waals surface area contributed by atoms with E-state index in [1.165, 1.54) is 18.3 Å². The lowest BCUT2D eigenvalue weighted by atomic mass is 10.3. The van der Waals surface area contributed by atoms with Gasteiger partial charge in [-0.05, 0) is 12.1 Å². The van der Waals surface area contributed by atoms with Crippen LogP contribution in [0.2, 0.25) is 0 Å². The highest BCUT2D eigenvalue weighted by Gasteiger charge is 2.50. The molecule has 0 aliphatic carbocycles. The fourth-order valence-electron chi connectivity index (χ4n) is 0.986. The lowest BCUT2D eigenvalue weighted by Crippen LogP contribution is -2.46. The van der Waals surface area contributed by atoms with Crippen LogP contribution >= 0.6 is 0 Å². The van der Waals surface area contributed by atoms with Gasteiger partial charge in [-0.3, -0.25) is 9.78 Å². The van der Waals surface area contributed by atoms with E-state index in [-0.39, 0.29) is 5.69 Å². The third-order valence-electron chi connectivity index (χ3n) is 1.90. The third kappa shape index (κ3) is 2.29. The Hall–Kier alpha value is -1.66. The molecule has 0 aliphatic rings. The molecule has 0 bridgehead atoms. The fraction of sp³-hybridized carbons (Fsp3) is 0.333. The number of anilines is 1. The molecular formula is C9H8F4N2O. The first-order valence-electron chi connectivity index (χ1n) is 4.21. The Morgan fingerprint density at radius 1 is 1.50 bits per heavy atom. The molecule has 16 heavy (non-hydrogen) atoms. The summed E-state index contributed by atoms with van der Waals surface area (Å²) in [5.74, 6) is -6.65. The van der Waals surface area contributed by atoms with Crippen LogP contribution in [-0.4, -0.2) is 30.3 Å². The smallest absolute Gasteiger partial charge is 0.309 e. The maximum absolute atomic E-state index is 12.7. The zero-order chi connectivity index (χ0) is 12.3. The van der Waals surface area contributed by atoms with Gasteiger partial charge < -0.3 is 4.90 Å². The van der Waals surface area contributed by atoms with Crippen molar-refractivity contribution in [1.82, 2.24) is 4.98 Å². The minimum atomic E-state index is -4.69. The van der Waals surface area contributed by atoms with Crippen molar-refractivity contribution < 1.29 is 22.4 Å². The summed E-state index contributed by atoms with van der Waals surface area (Å²) in [4.78, 5) is 15.1. The van der Waals surface area contributed by atoms with Crippen LogP contribution in [0.25, 0.3) is 0 Å². The molecule has 0 saturated heterocycles. The molecule has 0 saturated carbocycles. The van der Waals surface area contributed by atoms with Gasteiger partial charge in [0.15, 0.2) is 0 Å². The molecule has 0 unspecified atom stereocenters. The van der Waals surface area contributed by atoms with E-state index in [2.05, 4.69) is 4.98 Å². The summed E-state index contributed by atoms with van der Waals surface area (Å²) in [6.45, 7) is 0. The topological polar surface area (TPSA) is 33.2 Å². The number of rotatable bonds is 3. The minimum Gasteiger partial charge on any atom is -0.309 e. The molecule has 7 heteroatoms. The van der Waals surface area contributed by atoms with Crippen molar-refractivity contribution in [2.75, 3.05) is 11.9 Å². The third-order valence-corrected chi connectivity index (χ3v) is 1.90. The Bertz CT molecular complexity index is 369. The highest BCUT2D eigenvalue weighted by Crippen LogP contribution is 2.26. The molecule has 88 valence electrons. The average molecular weight is 236 g/mol. The summed E-state index contributed by atoms with van der Waals surface area (Å²) in [6.07, 6.45) is -1.54. The normalized spacial score (nSPS) is 11.6. The SMILES string of the molecule is CN(C(=O)C(F)(F)C(F)F)c1cccnc1. The quantitative estimate of drug-likeness (QED) is 0.751. The molecule has 1 rings (SSSR count). The highest BCUT2D eigenvalue weighted by molar-refractivity contribution is 5.98. The Labute approximate surface area is 88.7 Å². The number of hydrogen-bond donors (Lipinski definition) is 0. The summed E-state index contributed by atoms with van der Waals surface area (Å²) < 4.78 is 49.3. The van der Waals surface area contributed by atoms with Gasteiger partial charge in [-0.15, -0.1) is 0 Å². The first kappa shape index (κ1) is 12.4. The minimum absolute atomic E-state index is 0.0211. The van der Waals surface area contributed by atoms with Crippen molar-refractivity contribution in [1.29, 1.82) is 0 Å². The Kier molecular flexibility index (Phi) is 3.46. The van der Waals surface area contributed by atoms with Crippen LogP contribution in [0.15, 0.2) is 24.5 Å². The Balaban J connectivity index is 2.91. The molecule has 3 nitrogen and oxygen atoms in total. The fourth-order valence-corrected chi connectivity index (χ4v) is 0.986. The maximum atomic E-state index is 12.7. The van der Waals surface area contributed by atoms with Crippen LogP contribution in [0.3, 0.4) is 0 Å². The van der Waals surface area contributed by atoms with Crippen LogP contribution in [0.1, 0.15) is 0 Å². The number of carbonyl (C=O) groups excluding carboxylic acids is 1. The number of carbonyl (C=O) groups is 1. The number of halogens is 4. The monoisotopic (exact) mass is 236 g/mol. The molecule has 0 aromatic carbocycles. The van der Waals surface area contributed by atoms with E-state index in [0.717, 1.165) is 13.2 Å². The van der Waals surface area contributed by atoms with Crippen molar-refractivity contribution in [3.8, 4) is 0 Å². The van der Waals surface area contributed by atoms with Gasteiger partial charge in [-0.2, -0.15) is 8.78 Å². The van der Waals surface area contributed by atoms with Crippen molar-refractivity contribution in [2.45, 2.75) is 12.3 Å². The van der Waals surface area contributed by atoms with Crippen molar-refractivity contribution >= 4 is 11.6 Å². The maximum Gasteiger partial charge on any atom is 0.384 e. The number of nitrogens with zero attached hydrogens (tertiary/aromatic N) is 2. The number of amides is 1. The van der Waals surface area contributed by atoms with E-state index in [1.54, 1.807) is 0 Å². The molecule has 0 aliphatic heterocycles. The van der Waals surface area contributed by atoms with Crippen molar-refractivity contribution in [2.24, 2.45) is 0 Å². The van der Waals surface area contributed by atoms with E-state index in [9.17, 15) is 22.4 Å². The molecule has 0 radical (unpaired) electrons. The van der Waals surface area contributed by atoms with E-state index < -0.39 is 18.3 Å². The van der Waals surface area contributed by atoms with Crippen LogP contribution in [0.4, 0.5) is 23.2 Å². The number of aromatic nitrogens is 1. The molecular weight excluding hydrogens is 228 g/mol. The number of hydrogen-bond acceptors (Lipinski definition) is 2. The first-order valence-corrected chi connectivity index (χ1v) is 4.21. The molecule has 0 spiro atoms. The summed E-state index contributed by atoms with van der Waals surface area (Å²) >= 11 is 0. The lowest BCUT2D eigenvalue weighted by molar-refractivity contribution is -0.166. The van der Waals surface area contributed by atoms with Gasteiger partial charge >= 0.3 is 18.3 Å². The van der Waals surface area contributed by atoms with E-state index in [1.807, 2.05) is 0 Å². The zero-order valence-corrected chi connectivity index (χ0v) is 8.20. The van der Waals surface area contributed by atoms with E-state index in [4.69, 9.17) is 0 Å². The zero-order valence-electron chi connectivity index (χ0n) is 8.20. The number of alkyl halides is 4. The molecule has 0 N–H and O–H groups in total. The van der Waals surface area contributed by atoms with Gasteiger partial charge in [-0.25, -0.2) is 8.78 Å². The second-order valence-corrected chi connectivity index (χ2v) is 3.00. The Morgan fingerprint density at radius 3 is 2.56 bits per heavy atom. The summed E-state index contributed by atoms with van der Waals surface area (Å²) in [7, 11) is 0.982. The highest BCUT2D eigenvalue weighted by atomic mass is 19.3. The largest absolute Gasteiger partial charge is 0.384 e. The predicted molar refractivity (Wildman–Crippen MR) is 48.6 cm³/mol. The molecule has 1 amide bonds. The molecule has 1 aromatic rings. The molecule has 0 fully saturated rings. The van der Waals surface area contributed by atoms with Gasteiger partial charge in [-0.1, -0.05) is 0 Å². The molecule has 1 heterocycles. The molecule has 0 atom stereocenters. The van der Waals surface area contributed by atoms with Gasteiger partial charge in [0.2, 0.25) is 0 Å². The Morgan fingerprint density at radius 2 is 2.12 bits per heavy atom. The summed E-state index contributed by atoms with van der Waals surface area (Å²) in [6, 6.07) is 2.71. The van der Waals surface area contributed by atoms with Crippen LogP contribution in [0, 0.1) is 0 Å². The standard InChI is InChI=1S/C9H8F4N2O/c1-15(6-3-2-4-14-5-6)8(16)9(12,13)7(10)11/h2-5,7H,1H3. The lowest BCUT2D eigenvalue weighted by Gasteiger charge is -2.22. The van der Waals surface area contributed by atoms with Gasteiger partial charge in [0, 0.05) is 13.2 Å². The van der Waals surface area contributed by atoms with Crippen LogP contribution < -0.4 is 4.90 Å². The summed E-state index contributed by atoms with van der Waals surface area (Å²) in [5.41, 5.74) is 0.0211.